The SMILES string of the molecule is Cc1nc(COc2ccc(/C=C/C(=O)N(C)C3CCCCC3)cc2)cs1. The van der Waals surface area contributed by atoms with E-state index in [1.54, 1.807) is 17.4 Å². The van der Waals surface area contributed by atoms with Gasteiger partial charge in [-0.2, -0.15) is 0 Å². The van der Waals surface area contributed by atoms with Gasteiger partial charge in [0.05, 0.1) is 10.7 Å². The molecular formula is C21H26N2O2S. The lowest BCUT2D eigenvalue weighted by Gasteiger charge is -2.30. The summed E-state index contributed by atoms with van der Waals surface area (Å²) in [5.74, 6) is 0.884. The number of likely N-dealkylation sites (N-methyl/N-ethyl adjacent to an activating group) is 1. The molecule has 1 aromatic heterocycles. The Balaban J connectivity index is 1.51. The van der Waals surface area contributed by atoms with Crippen LogP contribution >= 0.6 is 11.3 Å². The van der Waals surface area contributed by atoms with Crippen molar-refractivity contribution in [1.29, 1.82) is 0 Å². The van der Waals surface area contributed by atoms with Gasteiger partial charge in [0, 0.05) is 24.5 Å². The molecule has 1 aromatic carbocycles. The van der Waals surface area contributed by atoms with Crippen molar-refractivity contribution in [2.24, 2.45) is 0 Å². The zero-order valence-corrected chi connectivity index (χ0v) is 16.3. The fraction of sp³-hybridized carbons (Fsp3) is 0.429. The number of ether oxygens (including phenoxy) is 1. The Morgan fingerprint density at radius 3 is 2.65 bits per heavy atom. The van der Waals surface area contributed by atoms with Crippen LogP contribution in [-0.2, 0) is 11.4 Å². The molecule has 0 aliphatic heterocycles. The summed E-state index contributed by atoms with van der Waals surface area (Å²) >= 11 is 1.63. The Bertz CT molecular complexity index is 746. The molecule has 0 N–H and O–H groups in total. The Kier molecular flexibility index (Phi) is 6.45. The monoisotopic (exact) mass is 370 g/mol. The molecule has 2 aromatic rings. The fourth-order valence-corrected chi connectivity index (χ4v) is 3.84. The van der Waals surface area contributed by atoms with E-state index in [4.69, 9.17) is 4.74 Å². The van der Waals surface area contributed by atoms with Crippen LogP contribution in [0.3, 0.4) is 0 Å². The molecule has 1 aliphatic carbocycles. The highest BCUT2D eigenvalue weighted by Gasteiger charge is 2.20. The Hall–Kier alpha value is -2.14. The van der Waals surface area contributed by atoms with Gasteiger partial charge in [-0.1, -0.05) is 31.4 Å². The van der Waals surface area contributed by atoms with Crippen molar-refractivity contribution in [3.8, 4) is 5.75 Å². The summed E-state index contributed by atoms with van der Waals surface area (Å²) in [6.45, 7) is 2.46. The number of aryl methyl sites for hydroxylation is 1. The number of thiazole rings is 1. The molecule has 1 fully saturated rings. The molecule has 0 spiro atoms. The number of carbonyl (C=O) groups is 1. The molecule has 0 saturated heterocycles. The molecule has 1 aliphatic rings. The predicted octanol–water partition coefficient (Wildman–Crippen LogP) is 4.83. The second-order valence-corrected chi connectivity index (χ2v) is 7.85. The second-order valence-electron chi connectivity index (χ2n) is 6.79. The van der Waals surface area contributed by atoms with Crippen LogP contribution in [0.5, 0.6) is 5.75 Å². The van der Waals surface area contributed by atoms with Crippen LogP contribution in [0, 0.1) is 6.92 Å². The van der Waals surface area contributed by atoms with Crippen LogP contribution in [0.2, 0.25) is 0 Å². The van der Waals surface area contributed by atoms with Gasteiger partial charge in [-0.15, -0.1) is 11.3 Å². The zero-order valence-electron chi connectivity index (χ0n) is 15.5. The number of nitrogens with zero attached hydrogens (tertiary/aromatic N) is 2. The zero-order chi connectivity index (χ0) is 18.4. The van der Waals surface area contributed by atoms with E-state index in [1.165, 1.54) is 19.3 Å². The first-order valence-corrected chi connectivity index (χ1v) is 10.1. The minimum Gasteiger partial charge on any atom is -0.487 e. The summed E-state index contributed by atoms with van der Waals surface area (Å²) in [7, 11) is 1.92. The second kappa shape index (κ2) is 8.99. The minimum atomic E-state index is 0.0797. The lowest BCUT2D eigenvalue weighted by Crippen LogP contribution is -2.37. The first-order chi connectivity index (χ1) is 12.6. The van der Waals surface area contributed by atoms with Gasteiger partial charge in [0.25, 0.3) is 0 Å². The van der Waals surface area contributed by atoms with Gasteiger partial charge >= 0.3 is 0 Å². The van der Waals surface area contributed by atoms with Crippen molar-refractivity contribution in [2.45, 2.75) is 51.7 Å². The van der Waals surface area contributed by atoms with Gasteiger partial charge in [-0.05, 0) is 43.5 Å². The molecule has 26 heavy (non-hydrogen) atoms. The molecule has 4 nitrogen and oxygen atoms in total. The molecule has 5 heteroatoms. The van der Waals surface area contributed by atoms with Crippen LogP contribution in [0.1, 0.15) is 48.4 Å². The van der Waals surface area contributed by atoms with Gasteiger partial charge in [0.1, 0.15) is 12.4 Å². The maximum Gasteiger partial charge on any atom is 0.246 e. The Morgan fingerprint density at radius 2 is 2.00 bits per heavy atom. The highest BCUT2D eigenvalue weighted by atomic mass is 32.1. The fourth-order valence-electron chi connectivity index (χ4n) is 3.24. The van der Waals surface area contributed by atoms with Crippen molar-refractivity contribution >= 4 is 23.3 Å². The number of aromatic nitrogens is 1. The average molecular weight is 371 g/mol. The van der Waals surface area contributed by atoms with Crippen LogP contribution in [0.15, 0.2) is 35.7 Å². The maximum atomic E-state index is 12.4. The van der Waals surface area contributed by atoms with Gasteiger partial charge in [0.2, 0.25) is 5.91 Å². The molecule has 3 rings (SSSR count). The van der Waals surface area contributed by atoms with Crippen molar-refractivity contribution in [3.05, 3.63) is 52.0 Å². The Labute approximate surface area is 159 Å². The van der Waals surface area contributed by atoms with Gasteiger partial charge in [0.15, 0.2) is 0 Å². The average Bonchev–Trinajstić information content (AvgIpc) is 3.10. The molecule has 1 amide bonds. The number of hydrogen-bond acceptors (Lipinski definition) is 4. The number of hydrogen-bond donors (Lipinski definition) is 0. The quantitative estimate of drug-likeness (QED) is 0.684. The third-order valence-corrected chi connectivity index (χ3v) is 5.64. The first-order valence-electron chi connectivity index (χ1n) is 9.20. The van der Waals surface area contributed by atoms with E-state index in [-0.39, 0.29) is 5.91 Å². The van der Waals surface area contributed by atoms with Crippen LogP contribution < -0.4 is 4.74 Å². The summed E-state index contributed by atoms with van der Waals surface area (Å²) in [4.78, 5) is 18.6. The minimum absolute atomic E-state index is 0.0797. The van der Waals surface area contributed by atoms with Gasteiger partial charge in [-0.25, -0.2) is 4.98 Å². The molecule has 0 radical (unpaired) electrons. The number of benzene rings is 1. The molecule has 0 unspecified atom stereocenters. The van der Waals surface area contributed by atoms with E-state index >= 15 is 0 Å². The standard InChI is InChI=1S/C21H26N2O2S/c1-16-22-18(15-26-16)14-25-20-11-8-17(9-12-20)10-13-21(24)23(2)19-6-4-3-5-7-19/h8-13,15,19H,3-7,14H2,1-2H3/b13-10+. The third-order valence-electron chi connectivity index (χ3n) is 4.82. The maximum absolute atomic E-state index is 12.4. The van der Waals surface area contributed by atoms with E-state index in [0.717, 1.165) is 34.9 Å². The van der Waals surface area contributed by atoms with E-state index in [1.807, 2.05) is 54.6 Å². The van der Waals surface area contributed by atoms with E-state index in [2.05, 4.69) is 4.98 Å². The summed E-state index contributed by atoms with van der Waals surface area (Å²) in [6.07, 6.45) is 9.55. The molecule has 1 saturated carbocycles. The number of rotatable bonds is 6. The van der Waals surface area contributed by atoms with Crippen LogP contribution in [0.25, 0.3) is 6.08 Å². The predicted molar refractivity (Wildman–Crippen MR) is 106 cm³/mol. The molecule has 0 bridgehead atoms. The lowest BCUT2D eigenvalue weighted by atomic mass is 9.94. The third kappa shape index (κ3) is 5.18. The number of amides is 1. The summed E-state index contributed by atoms with van der Waals surface area (Å²) in [5, 5.41) is 3.06. The van der Waals surface area contributed by atoms with Crippen LogP contribution in [0.4, 0.5) is 0 Å². The Morgan fingerprint density at radius 1 is 1.27 bits per heavy atom. The van der Waals surface area contributed by atoms with Crippen LogP contribution in [-0.4, -0.2) is 28.9 Å². The van der Waals surface area contributed by atoms with E-state index < -0.39 is 0 Å². The highest BCUT2D eigenvalue weighted by molar-refractivity contribution is 7.09. The molecular weight excluding hydrogens is 344 g/mol. The molecule has 1 heterocycles. The summed E-state index contributed by atoms with van der Waals surface area (Å²) in [5.41, 5.74) is 1.94. The van der Waals surface area contributed by atoms with Crippen molar-refractivity contribution in [3.63, 3.8) is 0 Å². The lowest BCUT2D eigenvalue weighted by molar-refractivity contribution is -0.127. The highest BCUT2D eigenvalue weighted by Crippen LogP contribution is 2.22. The topological polar surface area (TPSA) is 42.4 Å². The smallest absolute Gasteiger partial charge is 0.246 e. The molecule has 0 atom stereocenters. The van der Waals surface area contributed by atoms with Crippen molar-refractivity contribution in [1.82, 2.24) is 9.88 Å². The summed E-state index contributed by atoms with van der Waals surface area (Å²) in [6, 6.07) is 8.17. The van der Waals surface area contributed by atoms with Gasteiger partial charge in [-0.3, -0.25) is 4.79 Å². The summed E-state index contributed by atoms with van der Waals surface area (Å²) < 4.78 is 5.75. The number of carbonyl (C=O) groups excluding carboxylic acids is 1. The van der Waals surface area contributed by atoms with E-state index in [0.29, 0.717) is 12.6 Å². The van der Waals surface area contributed by atoms with Gasteiger partial charge < -0.3 is 9.64 Å². The van der Waals surface area contributed by atoms with Crippen molar-refractivity contribution < 1.29 is 9.53 Å². The largest absolute Gasteiger partial charge is 0.487 e. The normalized spacial score (nSPS) is 15.3. The molecule has 138 valence electrons. The van der Waals surface area contributed by atoms with Crippen molar-refractivity contribution in [2.75, 3.05) is 7.05 Å². The van der Waals surface area contributed by atoms with E-state index in [9.17, 15) is 4.79 Å². The first kappa shape index (κ1) is 18.6.